The summed E-state index contributed by atoms with van der Waals surface area (Å²) in [5.74, 6) is 0. The van der Waals surface area contributed by atoms with Crippen LogP contribution < -0.4 is 24.8 Å². The number of allylic oxidation sites excluding steroid dienone is 12. The molecule has 0 heterocycles. The molecule has 117 valence electrons. The molecule has 3 aliphatic carbocycles. The Labute approximate surface area is 151 Å². The van der Waals surface area contributed by atoms with Crippen molar-refractivity contribution in [2.24, 2.45) is 0 Å². The van der Waals surface area contributed by atoms with Crippen LogP contribution >= 0.6 is 0 Å². The Morgan fingerprint density at radius 1 is 0.864 bits per heavy atom. The van der Waals surface area contributed by atoms with Crippen LogP contribution in [0.1, 0.15) is 40.0 Å². The zero-order valence-electron chi connectivity index (χ0n) is 13.5. The van der Waals surface area contributed by atoms with Crippen LogP contribution in [-0.2, 0) is 19.8 Å². The summed E-state index contributed by atoms with van der Waals surface area (Å²) in [6.45, 7) is 7.11. The maximum absolute atomic E-state index is 2.75. The van der Waals surface area contributed by atoms with Crippen molar-refractivity contribution in [1.29, 1.82) is 0 Å². The average Bonchev–Trinajstić information content (AvgIpc) is 3.14. The van der Waals surface area contributed by atoms with Crippen LogP contribution in [0.2, 0.25) is 0 Å². The third-order valence-electron chi connectivity index (χ3n) is 4.87. The monoisotopic (exact) mass is 411 g/mol. The van der Waals surface area contributed by atoms with E-state index in [9.17, 15) is 0 Å². The molecule has 3 rings (SSSR count). The predicted octanol–water partition coefficient (Wildman–Crippen LogP) is -0.718. The minimum absolute atomic E-state index is 0. The molecule has 0 atom stereocenters. The molecule has 0 saturated heterocycles. The van der Waals surface area contributed by atoms with Crippen LogP contribution in [0, 0.1) is 0 Å². The van der Waals surface area contributed by atoms with Gasteiger partial charge in [0.2, 0.25) is 0 Å². The molecule has 0 N–H and O–H groups in total. The summed E-state index contributed by atoms with van der Waals surface area (Å²) in [5.41, 5.74) is 1.54. The fourth-order valence-corrected chi connectivity index (χ4v) is 18.1. The Hall–Kier alpha value is -0.227. The quantitative estimate of drug-likeness (QED) is 0.573. The molecule has 0 unspecified atom stereocenters. The van der Waals surface area contributed by atoms with E-state index in [1.54, 1.807) is 18.6 Å². The SMILES string of the molecule is CC1=[C]([Zr+2]([C]2=CC=CC2)([C]2=CC=CC2)=[C](C)C)CC=C1.[Cl-].[Cl-]. The zero-order valence-corrected chi connectivity index (χ0v) is 17.5. The van der Waals surface area contributed by atoms with Crippen molar-refractivity contribution in [1.82, 2.24) is 0 Å². The number of hydrogen-bond donors (Lipinski definition) is 0. The standard InChI is InChI=1S/C6H7.2C5H5.C3H6.2ClH.Zr/c1-6-4-2-3-5-6;2*1-2-4-5-3-1;1-3-2;;;/h2,4H,3H2,1H3;2*1-3H,4H2;1-2H3;2*1H;/q;;;;;;+2/p-2. The molecule has 0 aromatic carbocycles. The number of rotatable bonds is 3. The summed E-state index contributed by atoms with van der Waals surface area (Å²) < 4.78 is 7.02. The van der Waals surface area contributed by atoms with Crippen LogP contribution in [0.4, 0.5) is 0 Å². The molecule has 0 aromatic rings. The molecule has 3 aliphatic rings. The van der Waals surface area contributed by atoms with Gasteiger partial charge in [0.15, 0.2) is 0 Å². The minimum Gasteiger partial charge on any atom is -1.00 e. The first-order valence-corrected chi connectivity index (χ1v) is 12.5. The van der Waals surface area contributed by atoms with Gasteiger partial charge in [-0.1, -0.05) is 0 Å². The molecule has 0 aliphatic heterocycles. The van der Waals surface area contributed by atoms with E-state index in [-0.39, 0.29) is 24.8 Å². The molecule has 0 nitrogen and oxygen atoms in total. The molecule has 0 saturated carbocycles. The van der Waals surface area contributed by atoms with Gasteiger partial charge in [0.05, 0.1) is 0 Å². The topological polar surface area (TPSA) is 0 Å². The first-order valence-electron chi connectivity index (χ1n) is 7.57. The van der Waals surface area contributed by atoms with E-state index in [0.717, 1.165) is 0 Å². The number of halogens is 2. The summed E-state index contributed by atoms with van der Waals surface area (Å²) in [6.07, 6.45) is 22.3. The van der Waals surface area contributed by atoms with Crippen molar-refractivity contribution in [3.63, 3.8) is 0 Å². The largest absolute Gasteiger partial charge is 1.00 e. The van der Waals surface area contributed by atoms with Crippen molar-refractivity contribution >= 4 is 3.21 Å². The van der Waals surface area contributed by atoms with Crippen LogP contribution in [0.5, 0.6) is 0 Å². The van der Waals surface area contributed by atoms with Crippen LogP contribution in [-0.4, -0.2) is 3.21 Å². The average molecular weight is 414 g/mol. The molecule has 0 amide bonds. The van der Waals surface area contributed by atoms with Crippen LogP contribution in [0.25, 0.3) is 0 Å². The van der Waals surface area contributed by atoms with Crippen molar-refractivity contribution < 1.29 is 44.6 Å². The Bertz CT molecular complexity index is 644. The third kappa shape index (κ3) is 3.05. The summed E-state index contributed by atoms with van der Waals surface area (Å²) in [7, 11) is 0. The molecule has 0 bridgehead atoms. The van der Waals surface area contributed by atoms with Gasteiger partial charge in [-0.2, -0.15) is 0 Å². The van der Waals surface area contributed by atoms with Gasteiger partial charge in [-0.25, -0.2) is 0 Å². The molecule has 0 radical (unpaired) electrons. The molecule has 22 heavy (non-hydrogen) atoms. The van der Waals surface area contributed by atoms with Gasteiger partial charge in [-0.05, 0) is 0 Å². The molecule has 0 spiro atoms. The van der Waals surface area contributed by atoms with Gasteiger partial charge in [-0.3, -0.25) is 0 Å². The van der Waals surface area contributed by atoms with E-state index in [2.05, 4.69) is 69.4 Å². The van der Waals surface area contributed by atoms with Crippen LogP contribution in [0.15, 0.2) is 64.0 Å². The van der Waals surface area contributed by atoms with Crippen molar-refractivity contribution in [3.8, 4) is 0 Å². The van der Waals surface area contributed by atoms with Gasteiger partial charge in [0, 0.05) is 0 Å². The molecule has 0 aromatic heterocycles. The second-order valence-electron chi connectivity index (χ2n) is 6.17. The Morgan fingerprint density at radius 3 is 1.73 bits per heavy atom. The van der Waals surface area contributed by atoms with E-state index >= 15 is 0 Å². The molecular formula is C19H23Cl2Zr. The molecule has 3 heteroatoms. The van der Waals surface area contributed by atoms with E-state index in [1.165, 1.54) is 19.3 Å². The van der Waals surface area contributed by atoms with Crippen molar-refractivity contribution in [2.75, 3.05) is 0 Å². The van der Waals surface area contributed by atoms with Gasteiger partial charge >= 0.3 is 127 Å². The van der Waals surface area contributed by atoms with Gasteiger partial charge in [0.1, 0.15) is 0 Å². The maximum Gasteiger partial charge on any atom is -1.00 e. The first kappa shape index (κ1) is 19.8. The van der Waals surface area contributed by atoms with E-state index in [1.807, 2.05) is 0 Å². The van der Waals surface area contributed by atoms with E-state index < -0.39 is 19.8 Å². The predicted molar refractivity (Wildman–Crippen MR) is 86.5 cm³/mol. The summed E-state index contributed by atoms with van der Waals surface area (Å²) >= 11 is -2.75. The van der Waals surface area contributed by atoms with Crippen molar-refractivity contribution in [2.45, 2.75) is 40.0 Å². The normalized spacial score (nSPS) is 18.3. The molecular weight excluding hydrogens is 390 g/mol. The fraction of sp³-hybridized carbons (Fsp3) is 0.316. The second-order valence-corrected chi connectivity index (χ2v) is 17.0. The van der Waals surface area contributed by atoms with Gasteiger partial charge < -0.3 is 24.8 Å². The summed E-state index contributed by atoms with van der Waals surface area (Å²) in [4.78, 5) is 0. The summed E-state index contributed by atoms with van der Waals surface area (Å²) in [6, 6.07) is 0. The summed E-state index contributed by atoms with van der Waals surface area (Å²) in [5, 5.41) is 0. The van der Waals surface area contributed by atoms with Gasteiger partial charge in [-0.15, -0.1) is 0 Å². The fourth-order valence-electron chi connectivity index (χ4n) is 4.05. The smallest absolute Gasteiger partial charge is 1.00 e. The van der Waals surface area contributed by atoms with E-state index in [4.69, 9.17) is 0 Å². The van der Waals surface area contributed by atoms with Crippen molar-refractivity contribution in [3.05, 3.63) is 64.0 Å². The van der Waals surface area contributed by atoms with E-state index in [0.29, 0.717) is 0 Å². The Kier molecular flexibility index (Phi) is 7.25. The molecule has 0 fully saturated rings. The Morgan fingerprint density at radius 2 is 1.41 bits per heavy atom. The zero-order chi connectivity index (χ0) is 14.2. The Balaban J connectivity index is 0.00000121. The number of hydrogen-bond acceptors (Lipinski definition) is 0. The maximum atomic E-state index is 2.43. The first-order chi connectivity index (χ1) is 9.67. The minimum atomic E-state index is -2.75. The second kappa shape index (κ2) is 8.05. The third-order valence-corrected chi connectivity index (χ3v) is 18.8. The van der Waals surface area contributed by atoms with Crippen LogP contribution in [0.3, 0.4) is 0 Å². The van der Waals surface area contributed by atoms with Gasteiger partial charge in [0.25, 0.3) is 0 Å².